The third-order valence-corrected chi connectivity index (χ3v) is 2.82. The number of amides is 1. The standard InChI is InChI=1S/C10H18BrNO/c1-5-9(11)10(13)12(6-2)7-8(3)4/h9H,3,5-7H2,1-2,4H3. The zero-order valence-electron chi connectivity index (χ0n) is 8.64. The van der Waals surface area contributed by atoms with Crippen molar-refractivity contribution in [2.75, 3.05) is 13.1 Å². The molecule has 0 aliphatic carbocycles. The van der Waals surface area contributed by atoms with Crippen LogP contribution in [0.5, 0.6) is 0 Å². The Morgan fingerprint density at radius 2 is 2.08 bits per heavy atom. The summed E-state index contributed by atoms with van der Waals surface area (Å²) < 4.78 is 0. The van der Waals surface area contributed by atoms with Crippen molar-refractivity contribution in [2.24, 2.45) is 0 Å². The molecule has 1 unspecified atom stereocenters. The number of nitrogens with zero attached hydrogens (tertiary/aromatic N) is 1. The normalized spacial score (nSPS) is 12.3. The molecular weight excluding hydrogens is 230 g/mol. The van der Waals surface area contributed by atoms with E-state index in [4.69, 9.17) is 0 Å². The van der Waals surface area contributed by atoms with Crippen LogP contribution in [0.4, 0.5) is 0 Å². The molecule has 0 rings (SSSR count). The Bertz CT molecular complexity index is 191. The Morgan fingerprint density at radius 3 is 2.38 bits per heavy atom. The Kier molecular flexibility index (Phi) is 6.04. The highest BCUT2D eigenvalue weighted by molar-refractivity contribution is 9.10. The third kappa shape index (κ3) is 4.46. The fraction of sp³-hybridized carbons (Fsp3) is 0.700. The monoisotopic (exact) mass is 247 g/mol. The summed E-state index contributed by atoms with van der Waals surface area (Å²) in [6.07, 6.45) is 0.825. The van der Waals surface area contributed by atoms with Gasteiger partial charge in [0.2, 0.25) is 5.91 Å². The smallest absolute Gasteiger partial charge is 0.236 e. The van der Waals surface area contributed by atoms with E-state index in [1.165, 1.54) is 0 Å². The molecule has 0 aliphatic heterocycles. The molecule has 0 fully saturated rings. The lowest BCUT2D eigenvalue weighted by atomic mass is 10.2. The van der Waals surface area contributed by atoms with E-state index in [2.05, 4.69) is 22.5 Å². The number of halogens is 1. The Hall–Kier alpha value is -0.310. The van der Waals surface area contributed by atoms with E-state index >= 15 is 0 Å². The summed E-state index contributed by atoms with van der Waals surface area (Å²) in [6, 6.07) is 0. The first-order chi connectivity index (χ1) is 6.02. The van der Waals surface area contributed by atoms with Crippen molar-refractivity contribution in [3.63, 3.8) is 0 Å². The lowest BCUT2D eigenvalue weighted by Crippen LogP contribution is -2.37. The van der Waals surface area contributed by atoms with Crippen molar-refractivity contribution < 1.29 is 4.79 Å². The van der Waals surface area contributed by atoms with Crippen molar-refractivity contribution in [2.45, 2.75) is 32.0 Å². The molecule has 3 heteroatoms. The zero-order valence-corrected chi connectivity index (χ0v) is 10.2. The summed E-state index contributed by atoms with van der Waals surface area (Å²) in [5.41, 5.74) is 1.02. The Balaban J connectivity index is 4.22. The summed E-state index contributed by atoms with van der Waals surface area (Å²) in [6.45, 7) is 11.1. The number of carbonyl (C=O) groups is 1. The summed E-state index contributed by atoms with van der Waals surface area (Å²) in [5, 5.41) is 0. The number of hydrogen-bond acceptors (Lipinski definition) is 1. The minimum Gasteiger partial charge on any atom is -0.338 e. The molecule has 0 N–H and O–H groups in total. The van der Waals surface area contributed by atoms with Gasteiger partial charge in [-0.15, -0.1) is 0 Å². The number of hydrogen-bond donors (Lipinski definition) is 0. The molecule has 0 saturated carbocycles. The second-order valence-electron chi connectivity index (χ2n) is 3.19. The number of carbonyl (C=O) groups excluding carboxylic acids is 1. The Labute approximate surface area is 89.1 Å². The molecule has 76 valence electrons. The minimum absolute atomic E-state index is 0.0493. The van der Waals surface area contributed by atoms with E-state index in [0.29, 0.717) is 6.54 Å². The van der Waals surface area contributed by atoms with Crippen molar-refractivity contribution in [3.8, 4) is 0 Å². The summed E-state index contributed by atoms with van der Waals surface area (Å²) in [7, 11) is 0. The summed E-state index contributed by atoms with van der Waals surface area (Å²) >= 11 is 3.35. The quantitative estimate of drug-likeness (QED) is 0.541. The van der Waals surface area contributed by atoms with Crippen molar-refractivity contribution in [1.82, 2.24) is 4.90 Å². The van der Waals surface area contributed by atoms with Gasteiger partial charge in [-0.25, -0.2) is 0 Å². The maximum atomic E-state index is 11.7. The molecule has 0 aromatic carbocycles. The molecule has 0 aromatic rings. The lowest BCUT2D eigenvalue weighted by Gasteiger charge is -2.23. The predicted octanol–water partition coefficient (Wildman–Crippen LogP) is 2.58. The zero-order chi connectivity index (χ0) is 10.4. The predicted molar refractivity (Wildman–Crippen MR) is 60.1 cm³/mol. The van der Waals surface area contributed by atoms with E-state index < -0.39 is 0 Å². The van der Waals surface area contributed by atoms with Gasteiger partial charge in [0.15, 0.2) is 0 Å². The van der Waals surface area contributed by atoms with Crippen LogP contribution in [0.1, 0.15) is 27.2 Å². The number of rotatable bonds is 5. The maximum Gasteiger partial charge on any atom is 0.236 e. The molecule has 0 aromatic heterocycles. The highest BCUT2D eigenvalue weighted by Gasteiger charge is 2.18. The average Bonchev–Trinajstić information content (AvgIpc) is 2.11. The van der Waals surface area contributed by atoms with E-state index in [1.54, 1.807) is 0 Å². The first-order valence-corrected chi connectivity index (χ1v) is 5.51. The molecule has 0 spiro atoms. The number of alkyl halides is 1. The van der Waals surface area contributed by atoms with Gasteiger partial charge < -0.3 is 4.90 Å². The van der Waals surface area contributed by atoms with Crippen LogP contribution in [-0.4, -0.2) is 28.7 Å². The van der Waals surface area contributed by atoms with Gasteiger partial charge in [0.1, 0.15) is 0 Å². The van der Waals surface area contributed by atoms with Gasteiger partial charge in [-0.2, -0.15) is 0 Å². The fourth-order valence-electron chi connectivity index (χ4n) is 1.04. The average molecular weight is 248 g/mol. The first-order valence-electron chi connectivity index (χ1n) is 4.60. The van der Waals surface area contributed by atoms with Gasteiger partial charge in [-0.3, -0.25) is 4.79 Å². The van der Waals surface area contributed by atoms with E-state index in [1.807, 2.05) is 25.7 Å². The van der Waals surface area contributed by atoms with E-state index in [0.717, 1.165) is 18.5 Å². The third-order valence-electron chi connectivity index (χ3n) is 1.78. The molecule has 0 bridgehead atoms. The molecule has 0 saturated heterocycles. The van der Waals surface area contributed by atoms with Crippen molar-refractivity contribution in [1.29, 1.82) is 0 Å². The molecule has 2 nitrogen and oxygen atoms in total. The van der Waals surface area contributed by atoms with Crippen LogP contribution in [0.25, 0.3) is 0 Å². The van der Waals surface area contributed by atoms with E-state index in [9.17, 15) is 4.79 Å². The second kappa shape index (κ2) is 6.19. The van der Waals surface area contributed by atoms with Crippen molar-refractivity contribution in [3.05, 3.63) is 12.2 Å². The maximum absolute atomic E-state index is 11.7. The van der Waals surface area contributed by atoms with Gasteiger partial charge >= 0.3 is 0 Å². The van der Waals surface area contributed by atoms with Gasteiger partial charge in [0, 0.05) is 13.1 Å². The summed E-state index contributed by atoms with van der Waals surface area (Å²) in [5.74, 6) is 0.160. The molecule has 0 heterocycles. The van der Waals surface area contributed by atoms with Crippen LogP contribution in [0.2, 0.25) is 0 Å². The van der Waals surface area contributed by atoms with Crippen LogP contribution in [0.3, 0.4) is 0 Å². The largest absolute Gasteiger partial charge is 0.338 e. The fourth-order valence-corrected chi connectivity index (χ4v) is 1.33. The van der Waals surface area contributed by atoms with Crippen LogP contribution in [-0.2, 0) is 4.79 Å². The molecule has 1 amide bonds. The highest BCUT2D eigenvalue weighted by atomic mass is 79.9. The first kappa shape index (κ1) is 12.7. The van der Waals surface area contributed by atoms with Gasteiger partial charge in [0.25, 0.3) is 0 Å². The van der Waals surface area contributed by atoms with Crippen molar-refractivity contribution >= 4 is 21.8 Å². The molecular formula is C10H18BrNO. The van der Waals surface area contributed by atoms with Gasteiger partial charge in [-0.05, 0) is 20.3 Å². The lowest BCUT2D eigenvalue weighted by molar-refractivity contribution is -0.129. The van der Waals surface area contributed by atoms with Gasteiger partial charge in [0.05, 0.1) is 4.83 Å². The van der Waals surface area contributed by atoms with Crippen LogP contribution >= 0.6 is 15.9 Å². The SMILES string of the molecule is C=C(C)CN(CC)C(=O)C(Br)CC. The number of likely N-dealkylation sites (N-methyl/N-ethyl adjacent to an activating group) is 1. The van der Waals surface area contributed by atoms with Crippen LogP contribution in [0, 0.1) is 0 Å². The Morgan fingerprint density at radius 1 is 1.54 bits per heavy atom. The topological polar surface area (TPSA) is 20.3 Å². The highest BCUT2D eigenvalue weighted by Crippen LogP contribution is 2.09. The second-order valence-corrected chi connectivity index (χ2v) is 4.29. The van der Waals surface area contributed by atoms with E-state index in [-0.39, 0.29) is 10.7 Å². The summed E-state index contributed by atoms with van der Waals surface area (Å²) in [4.78, 5) is 13.4. The molecule has 0 radical (unpaired) electrons. The molecule has 1 atom stereocenters. The van der Waals surface area contributed by atoms with Gasteiger partial charge in [-0.1, -0.05) is 35.0 Å². The molecule has 0 aliphatic rings. The van der Waals surface area contributed by atoms with Crippen LogP contribution in [0.15, 0.2) is 12.2 Å². The van der Waals surface area contributed by atoms with Crippen LogP contribution < -0.4 is 0 Å². The minimum atomic E-state index is -0.0493. The molecule has 13 heavy (non-hydrogen) atoms.